The Bertz CT molecular complexity index is 426. The summed E-state index contributed by atoms with van der Waals surface area (Å²) in [6.07, 6.45) is 2.43. The molecule has 0 aliphatic rings. The summed E-state index contributed by atoms with van der Waals surface area (Å²) < 4.78 is 4.60. The first-order chi connectivity index (χ1) is 8.13. The summed E-state index contributed by atoms with van der Waals surface area (Å²) in [7, 11) is 0. The van der Waals surface area contributed by atoms with E-state index in [-0.39, 0.29) is 12.5 Å². The smallest absolute Gasteiger partial charge is 0.303 e. The van der Waals surface area contributed by atoms with Gasteiger partial charge in [0.25, 0.3) is 5.91 Å². The minimum Gasteiger partial charge on any atom is -0.456 e. The topological polar surface area (TPSA) is 55.4 Å². The van der Waals surface area contributed by atoms with Crippen molar-refractivity contribution in [3.8, 4) is 0 Å². The molecule has 0 aliphatic carbocycles. The van der Waals surface area contributed by atoms with E-state index in [1.807, 2.05) is 18.2 Å². The number of esters is 1. The molecule has 90 valence electrons. The van der Waals surface area contributed by atoms with Crippen molar-refractivity contribution in [2.75, 3.05) is 11.9 Å². The number of carbonyl (C=O) groups excluding carboxylic acids is 2. The summed E-state index contributed by atoms with van der Waals surface area (Å²) in [6, 6.07) is 7.42. The molecule has 1 N–H and O–H groups in total. The Morgan fingerprint density at radius 1 is 1.41 bits per heavy atom. The predicted molar refractivity (Wildman–Crippen MR) is 65.6 cm³/mol. The molecule has 0 aromatic heterocycles. The molecule has 0 atom stereocenters. The standard InChI is InChI=1S/C13H15NO3/c1-3-6-11-7-4-5-8-12(11)14-13(16)9-17-10(2)15/h3-5,7-8H,1,6,9H2,2H3,(H,14,16). The lowest BCUT2D eigenvalue weighted by Gasteiger charge is -2.09. The molecule has 0 heterocycles. The van der Waals surface area contributed by atoms with Crippen molar-refractivity contribution in [1.82, 2.24) is 0 Å². The fourth-order valence-corrected chi connectivity index (χ4v) is 1.33. The van der Waals surface area contributed by atoms with Gasteiger partial charge in [-0.2, -0.15) is 0 Å². The molecule has 0 fully saturated rings. The first kappa shape index (κ1) is 13.0. The van der Waals surface area contributed by atoms with Crippen LogP contribution in [0.2, 0.25) is 0 Å². The van der Waals surface area contributed by atoms with Crippen LogP contribution in [-0.4, -0.2) is 18.5 Å². The number of hydrogen-bond acceptors (Lipinski definition) is 3. The van der Waals surface area contributed by atoms with Gasteiger partial charge in [-0.05, 0) is 18.1 Å². The zero-order valence-corrected chi connectivity index (χ0v) is 9.73. The first-order valence-electron chi connectivity index (χ1n) is 5.25. The largest absolute Gasteiger partial charge is 0.456 e. The van der Waals surface area contributed by atoms with Gasteiger partial charge in [0, 0.05) is 12.6 Å². The van der Waals surface area contributed by atoms with Crippen LogP contribution in [0.1, 0.15) is 12.5 Å². The fraction of sp³-hybridized carbons (Fsp3) is 0.231. The summed E-state index contributed by atoms with van der Waals surface area (Å²) in [6.45, 7) is 4.65. The van der Waals surface area contributed by atoms with Gasteiger partial charge in [0.05, 0.1) is 0 Å². The van der Waals surface area contributed by atoms with E-state index in [0.29, 0.717) is 12.1 Å². The third-order valence-corrected chi connectivity index (χ3v) is 2.06. The number of para-hydroxylation sites is 1. The lowest BCUT2D eigenvalue weighted by Crippen LogP contribution is -2.20. The van der Waals surface area contributed by atoms with Crippen molar-refractivity contribution in [3.05, 3.63) is 42.5 Å². The number of rotatable bonds is 5. The van der Waals surface area contributed by atoms with E-state index in [0.717, 1.165) is 5.56 Å². The molecule has 4 heteroatoms. The highest BCUT2D eigenvalue weighted by molar-refractivity contribution is 5.93. The molecule has 1 amide bonds. The molecular weight excluding hydrogens is 218 g/mol. The molecule has 17 heavy (non-hydrogen) atoms. The molecule has 0 radical (unpaired) electrons. The van der Waals surface area contributed by atoms with Gasteiger partial charge >= 0.3 is 5.97 Å². The lowest BCUT2D eigenvalue weighted by molar-refractivity contribution is -0.144. The van der Waals surface area contributed by atoms with Gasteiger partial charge in [0.1, 0.15) is 0 Å². The number of nitrogens with one attached hydrogen (secondary N) is 1. The van der Waals surface area contributed by atoms with Crippen LogP contribution in [0.4, 0.5) is 5.69 Å². The van der Waals surface area contributed by atoms with E-state index in [9.17, 15) is 9.59 Å². The van der Waals surface area contributed by atoms with Gasteiger partial charge in [0.15, 0.2) is 6.61 Å². The second-order valence-corrected chi connectivity index (χ2v) is 3.48. The maximum atomic E-state index is 11.5. The van der Waals surface area contributed by atoms with Gasteiger partial charge in [-0.25, -0.2) is 0 Å². The summed E-state index contributed by atoms with van der Waals surface area (Å²) >= 11 is 0. The van der Waals surface area contributed by atoms with Crippen LogP contribution in [0, 0.1) is 0 Å². The highest BCUT2D eigenvalue weighted by atomic mass is 16.5. The molecule has 0 aliphatic heterocycles. The van der Waals surface area contributed by atoms with Crippen LogP contribution in [0.15, 0.2) is 36.9 Å². The molecule has 4 nitrogen and oxygen atoms in total. The Hall–Kier alpha value is -2.10. The van der Waals surface area contributed by atoms with Crippen LogP contribution in [-0.2, 0) is 20.7 Å². The van der Waals surface area contributed by atoms with Crippen molar-refractivity contribution in [1.29, 1.82) is 0 Å². The molecule has 0 unspecified atom stereocenters. The first-order valence-corrected chi connectivity index (χ1v) is 5.25. The van der Waals surface area contributed by atoms with Gasteiger partial charge in [0.2, 0.25) is 0 Å². The second kappa shape index (κ2) is 6.48. The maximum absolute atomic E-state index is 11.5. The molecule has 1 aromatic carbocycles. The van der Waals surface area contributed by atoms with E-state index >= 15 is 0 Å². The van der Waals surface area contributed by atoms with Crippen molar-refractivity contribution in [2.45, 2.75) is 13.3 Å². The van der Waals surface area contributed by atoms with Crippen LogP contribution in [0.5, 0.6) is 0 Å². The van der Waals surface area contributed by atoms with Crippen LogP contribution in [0.3, 0.4) is 0 Å². The third kappa shape index (κ3) is 4.51. The predicted octanol–water partition coefficient (Wildman–Crippen LogP) is 1.92. The van der Waals surface area contributed by atoms with Crippen LogP contribution >= 0.6 is 0 Å². The number of benzene rings is 1. The average molecular weight is 233 g/mol. The zero-order valence-electron chi connectivity index (χ0n) is 9.73. The Labute approximate surface area is 100 Å². The molecule has 1 aromatic rings. The number of carbonyl (C=O) groups is 2. The minimum absolute atomic E-state index is 0.266. The third-order valence-electron chi connectivity index (χ3n) is 2.06. The van der Waals surface area contributed by atoms with Crippen LogP contribution in [0.25, 0.3) is 0 Å². The summed E-state index contributed by atoms with van der Waals surface area (Å²) in [5.74, 6) is -0.823. The molecule has 0 saturated heterocycles. The quantitative estimate of drug-likeness (QED) is 0.624. The number of ether oxygens (including phenoxy) is 1. The Balaban J connectivity index is 2.63. The van der Waals surface area contributed by atoms with E-state index in [1.165, 1.54) is 6.92 Å². The van der Waals surface area contributed by atoms with E-state index in [4.69, 9.17) is 0 Å². The fourth-order valence-electron chi connectivity index (χ4n) is 1.33. The van der Waals surface area contributed by atoms with E-state index < -0.39 is 5.97 Å². The van der Waals surface area contributed by atoms with Gasteiger partial charge < -0.3 is 10.1 Å². The molecule has 0 saturated carbocycles. The normalized spacial score (nSPS) is 9.47. The SMILES string of the molecule is C=CCc1ccccc1NC(=O)COC(C)=O. The molecule has 0 spiro atoms. The van der Waals surface area contributed by atoms with Crippen molar-refractivity contribution < 1.29 is 14.3 Å². The molecule has 0 bridgehead atoms. The monoisotopic (exact) mass is 233 g/mol. The highest BCUT2D eigenvalue weighted by Crippen LogP contribution is 2.15. The maximum Gasteiger partial charge on any atom is 0.303 e. The van der Waals surface area contributed by atoms with Gasteiger partial charge in [-0.3, -0.25) is 9.59 Å². The molecule has 1 rings (SSSR count). The Morgan fingerprint density at radius 3 is 2.76 bits per heavy atom. The number of allylic oxidation sites excluding steroid dienone is 1. The van der Waals surface area contributed by atoms with Crippen molar-refractivity contribution >= 4 is 17.6 Å². The van der Waals surface area contributed by atoms with Gasteiger partial charge in [-0.15, -0.1) is 6.58 Å². The van der Waals surface area contributed by atoms with E-state index in [1.54, 1.807) is 12.1 Å². The number of amides is 1. The van der Waals surface area contributed by atoms with Crippen molar-refractivity contribution in [3.63, 3.8) is 0 Å². The Kier molecular flexibility index (Phi) is 4.94. The highest BCUT2D eigenvalue weighted by Gasteiger charge is 2.06. The van der Waals surface area contributed by atoms with Crippen LogP contribution < -0.4 is 5.32 Å². The summed E-state index contributed by atoms with van der Waals surface area (Å²) in [5.41, 5.74) is 1.68. The summed E-state index contributed by atoms with van der Waals surface area (Å²) in [4.78, 5) is 22.0. The number of anilines is 1. The van der Waals surface area contributed by atoms with E-state index in [2.05, 4.69) is 16.6 Å². The Morgan fingerprint density at radius 2 is 2.12 bits per heavy atom. The van der Waals surface area contributed by atoms with Gasteiger partial charge in [-0.1, -0.05) is 24.3 Å². The van der Waals surface area contributed by atoms with Crippen molar-refractivity contribution in [2.24, 2.45) is 0 Å². The zero-order chi connectivity index (χ0) is 12.7. The lowest BCUT2D eigenvalue weighted by atomic mass is 10.1. The summed E-state index contributed by atoms with van der Waals surface area (Å²) in [5, 5.41) is 2.69. The minimum atomic E-state index is -0.473. The number of hydrogen-bond donors (Lipinski definition) is 1. The molecular formula is C13H15NO3. The average Bonchev–Trinajstić information content (AvgIpc) is 2.29. The second-order valence-electron chi connectivity index (χ2n) is 3.48.